The van der Waals surface area contributed by atoms with Gasteiger partial charge in [-0.1, -0.05) is 15.9 Å². The first-order chi connectivity index (χ1) is 8.87. The molecule has 1 aliphatic rings. The first kappa shape index (κ1) is 14.5. The van der Waals surface area contributed by atoms with Gasteiger partial charge in [-0.25, -0.2) is 12.8 Å². The zero-order valence-electron chi connectivity index (χ0n) is 10.0. The largest absolute Gasteiger partial charge is 0.349 e. The molecule has 2 rings (SSSR count). The molecule has 0 radical (unpaired) electrons. The number of hydrogen-bond acceptors (Lipinski definition) is 3. The predicted molar refractivity (Wildman–Crippen MR) is 73.2 cm³/mol. The summed E-state index contributed by atoms with van der Waals surface area (Å²) in [6.45, 7) is 0. The van der Waals surface area contributed by atoms with Gasteiger partial charge in [-0.3, -0.25) is 4.79 Å². The van der Waals surface area contributed by atoms with Gasteiger partial charge in [0.25, 0.3) is 5.91 Å². The first-order valence-corrected chi connectivity index (χ1v) is 8.45. The number of hydrogen-bond donors (Lipinski definition) is 1. The summed E-state index contributed by atoms with van der Waals surface area (Å²) in [4.78, 5) is 11.9. The summed E-state index contributed by atoms with van der Waals surface area (Å²) in [6, 6.07) is 4.00. The summed E-state index contributed by atoms with van der Waals surface area (Å²) >= 11 is 3.12. The maximum atomic E-state index is 13.6. The van der Waals surface area contributed by atoms with Crippen LogP contribution in [0.1, 0.15) is 23.2 Å². The van der Waals surface area contributed by atoms with E-state index in [9.17, 15) is 17.6 Å². The molecule has 0 spiro atoms. The number of nitrogens with one attached hydrogen (secondary N) is 1. The zero-order chi connectivity index (χ0) is 14.0. The van der Waals surface area contributed by atoms with Crippen molar-refractivity contribution in [3.05, 3.63) is 34.1 Å². The Bertz CT molecular complexity index is 589. The van der Waals surface area contributed by atoms with Gasteiger partial charge in [0, 0.05) is 10.5 Å². The molecule has 0 atom stereocenters. The van der Waals surface area contributed by atoms with Crippen molar-refractivity contribution in [2.24, 2.45) is 0 Å². The van der Waals surface area contributed by atoms with Gasteiger partial charge in [0.05, 0.1) is 17.1 Å². The van der Waals surface area contributed by atoms with Gasteiger partial charge in [0.1, 0.15) is 15.7 Å². The maximum absolute atomic E-state index is 13.6. The molecule has 1 amide bonds. The highest BCUT2D eigenvalue weighted by Gasteiger charge is 2.25. The van der Waals surface area contributed by atoms with E-state index in [1.54, 1.807) is 6.07 Å². The van der Waals surface area contributed by atoms with Crippen LogP contribution in [0.4, 0.5) is 4.39 Å². The van der Waals surface area contributed by atoms with E-state index in [-0.39, 0.29) is 23.1 Å². The lowest BCUT2D eigenvalue weighted by Gasteiger charge is -2.23. The summed E-state index contributed by atoms with van der Waals surface area (Å²) in [7, 11) is -2.96. The highest BCUT2D eigenvalue weighted by molar-refractivity contribution is 9.10. The van der Waals surface area contributed by atoms with Crippen molar-refractivity contribution >= 4 is 31.7 Å². The van der Waals surface area contributed by atoms with Crippen molar-refractivity contribution in [3.63, 3.8) is 0 Å². The highest BCUT2D eigenvalue weighted by atomic mass is 79.9. The molecule has 1 aliphatic heterocycles. The average Bonchev–Trinajstić information content (AvgIpc) is 2.31. The van der Waals surface area contributed by atoms with E-state index in [0.29, 0.717) is 17.3 Å². The SMILES string of the molecule is O=C(NC1CCS(=O)(=O)CC1)c1ccc(Br)cc1F. The van der Waals surface area contributed by atoms with Crippen molar-refractivity contribution in [2.45, 2.75) is 18.9 Å². The molecule has 0 unspecified atom stereocenters. The molecule has 1 fully saturated rings. The van der Waals surface area contributed by atoms with Crippen LogP contribution in [0.3, 0.4) is 0 Å². The quantitative estimate of drug-likeness (QED) is 0.886. The molecule has 19 heavy (non-hydrogen) atoms. The number of amides is 1. The van der Waals surface area contributed by atoms with Gasteiger partial charge in [0.15, 0.2) is 0 Å². The van der Waals surface area contributed by atoms with E-state index in [4.69, 9.17) is 0 Å². The number of carbonyl (C=O) groups excluding carboxylic acids is 1. The molecule has 1 saturated heterocycles. The van der Waals surface area contributed by atoms with Crippen LogP contribution in [-0.2, 0) is 9.84 Å². The molecule has 7 heteroatoms. The Morgan fingerprint density at radius 2 is 1.95 bits per heavy atom. The van der Waals surface area contributed by atoms with Crippen LogP contribution in [-0.4, -0.2) is 31.9 Å². The fourth-order valence-electron chi connectivity index (χ4n) is 1.97. The van der Waals surface area contributed by atoms with E-state index < -0.39 is 21.6 Å². The average molecular weight is 350 g/mol. The molecule has 0 aliphatic carbocycles. The van der Waals surface area contributed by atoms with Gasteiger partial charge in [-0.2, -0.15) is 0 Å². The number of carbonyl (C=O) groups is 1. The Morgan fingerprint density at radius 1 is 1.32 bits per heavy atom. The van der Waals surface area contributed by atoms with E-state index in [2.05, 4.69) is 21.2 Å². The molecular formula is C12H13BrFNO3S. The number of halogens is 2. The lowest BCUT2D eigenvalue weighted by Crippen LogP contribution is -2.41. The van der Waals surface area contributed by atoms with Crippen LogP contribution in [0, 0.1) is 5.82 Å². The fourth-order valence-corrected chi connectivity index (χ4v) is 3.80. The Labute approximate surface area is 119 Å². The van der Waals surface area contributed by atoms with Gasteiger partial charge in [-0.05, 0) is 31.0 Å². The lowest BCUT2D eigenvalue weighted by atomic mass is 10.1. The second-order valence-electron chi connectivity index (χ2n) is 4.52. The number of rotatable bonds is 2. The topological polar surface area (TPSA) is 63.2 Å². The van der Waals surface area contributed by atoms with Crippen molar-refractivity contribution in [3.8, 4) is 0 Å². The molecular weight excluding hydrogens is 337 g/mol. The second kappa shape index (κ2) is 5.58. The van der Waals surface area contributed by atoms with E-state index in [1.807, 2.05) is 0 Å². The molecule has 0 aromatic heterocycles. The first-order valence-electron chi connectivity index (χ1n) is 5.84. The Balaban J connectivity index is 2.02. The van der Waals surface area contributed by atoms with Crippen molar-refractivity contribution in [1.29, 1.82) is 0 Å². The zero-order valence-corrected chi connectivity index (χ0v) is 12.4. The molecule has 104 valence electrons. The van der Waals surface area contributed by atoms with Crippen LogP contribution in [0.2, 0.25) is 0 Å². The molecule has 1 aromatic carbocycles. The van der Waals surface area contributed by atoms with Crippen LogP contribution in [0.15, 0.2) is 22.7 Å². The Kier molecular flexibility index (Phi) is 4.25. The minimum atomic E-state index is -2.96. The van der Waals surface area contributed by atoms with Crippen molar-refractivity contribution in [2.75, 3.05) is 11.5 Å². The predicted octanol–water partition coefficient (Wildman–Crippen LogP) is 1.90. The highest BCUT2D eigenvalue weighted by Crippen LogP contribution is 2.17. The molecule has 1 N–H and O–H groups in total. The second-order valence-corrected chi connectivity index (χ2v) is 7.74. The summed E-state index contributed by atoms with van der Waals surface area (Å²) in [6.07, 6.45) is 0.762. The standard InChI is InChI=1S/C12H13BrFNO3S/c13-8-1-2-10(11(14)7-8)12(16)15-9-3-5-19(17,18)6-4-9/h1-2,7,9H,3-6H2,(H,15,16). The molecule has 1 aromatic rings. The Hall–Kier alpha value is -0.950. The van der Waals surface area contributed by atoms with Crippen LogP contribution in [0.25, 0.3) is 0 Å². The number of benzene rings is 1. The van der Waals surface area contributed by atoms with Crippen molar-refractivity contribution < 1.29 is 17.6 Å². The summed E-state index contributed by atoms with van der Waals surface area (Å²) < 4.78 is 36.7. The summed E-state index contributed by atoms with van der Waals surface area (Å²) in [5, 5.41) is 2.67. The van der Waals surface area contributed by atoms with E-state index >= 15 is 0 Å². The smallest absolute Gasteiger partial charge is 0.254 e. The third kappa shape index (κ3) is 3.76. The van der Waals surface area contributed by atoms with Crippen molar-refractivity contribution in [1.82, 2.24) is 5.32 Å². The molecule has 0 bridgehead atoms. The van der Waals surface area contributed by atoms with Gasteiger partial charge in [-0.15, -0.1) is 0 Å². The third-order valence-electron chi connectivity index (χ3n) is 3.07. The Morgan fingerprint density at radius 3 is 2.53 bits per heavy atom. The van der Waals surface area contributed by atoms with Crippen LogP contribution < -0.4 is 5.32 Å². The minimum absolute atomic E-state index is 0.0309. The van der Waals surface area contributed by atoms with Crippen LogP contribution >= 0.6 is 15.9 Å². The molecule has 0 saturated carbocycles. The fraction of sp³-hybridized carbons (Fsp3) is 0.417. The van der Waals surface area contributed by atoms with Gasteiger partial charge < -0.3 is 5.32 Å². The lowest BCUT2D eigenvalue weighted by molar-refractivity contribution is 0.0930. The molecule has 4 nitrogen and oxygen atoms in total. The number of sulfone groups is 1. The van der Waals surface area contributed by atoms with E-state index in [1.165, 1.54) is 12.1 Å². The van der Waals surface area contributed by atoms with Crippen LogP contribution in [0.5, 0.6) is 0 Å². The normalized spacial score (nSPS) is 19.1. The third-order valence-corrected chi connectivity index (χ3v) is 5.27. The van der Waals surface area contributed by atoms with E-state index in [0.717, 1.165) is 0 Å². The maximum Gasteiger partial charge on any atom is 0.254 e. The monoisotopic (exact) mass is 349 g/mol. The van der Waals surface area contributed by atoms with Gasteiger partial charge >= 0.3 is 0 Å². The summed E-state index contributed by atoms with van der Waals surface area (Å²) in [5.41, 5.74) is -0.0309. The molecule has 1 heterocycles. The van der Waals surface area contributed by atoms with Gasteiger partial charge in [0.2, 0.25) is 0 Å². The minimum Gasteiger partial charge on any atom is -0.349 e. The summed E-state index contributed by atoms with van der Waals surface area (Å²) in [5.74, 6) is -0.966.